The van der Waals surface area contributed by atoms with Crippen LogP contribution in [0.3, 0.4) is 0 Å². The Morgan fingerprint density at radius 2 is 2.29 bits per heavy atom. The average Bonchev–Trinajstić information content (AvgIpc) is 2.97. The molecule has 0 spiro atoms. The molecular weight excluding hydrogens is 270 g/mol. The van der Waals surface area contributed by atoms with Gasteiger partial charge in [0.25, 0.3) is 0 Å². The van der Waals surface area contributed by atoms with E-state index in [0.717, 1.165) is 23.3 Å². The van der Waals surface area contributed by atoms with Crippen LogP contribution in [0.2, 0.25) is 0 Å². The van der Waals surface area contributed by atoms with Crippen molar-refractivity contribution in [1.82, 2.24) is 15.5 Å². The van der Waals surface area contributed by atoms with Crippen LogP contribution >= 0.6 is 0 Å². The maximum atomic E-state index is 11.2. The van der Waals surface area contributed by atoms with Crippen LogP contribution in [0.15, 0.2) is 22.7 Å². The van der Waals surface area contributed by atoms with E-state index in [1.165, 1.54) is 0 Å². The van der Waals surface area contributed by atoms with Crippen molar-refractivity contribution >= 4 is 5.91 Å². The summed E-state index contributed by atoms with van der Waals surface area (Å²) < 4.78 is 10.6. The third-order valence-corrected chi connectivity index (χ3v) is 3.73. The smallest absolute Gasteiger partial charge is 0.231 e. The zero-order chi connectivity index (χ0) is 14.8. The van der Waals surface area contributed by atoms with Crippen molar-refractivity contribution in [2.45, 2.75) is 25.7 Å². The van der Waals surface area contributed by atoms with Gasteiger partial charge in [0.15, 0.2) is 0 Å². The van der Waals surface area contributed by atoms with Gasteiger partial charge in [0.2, 0.25) is 17.6 Å². The number of nitrogens with one attached hydrogen (secondary N) is 1. The van der Waals surface area contributed by atoms with E-state index >= 15 is 0 Å². The number of nitrogens with zero attached hydrogens (tertiary/aromatic N) is 2. The lowest BCUT2D eigenvalue weighted by Gasteiger charge is -2.18. The number of hydrogen-bond acceptors (Lipinski definition) is 5. The molecule has 0 radical (unpaired) electrons. The molecule has 1 aliphatic heterocycles. The number of amides is 1. The van der Waals surface area contributed by atoms with E-state index in [1.54, 1.807) is 7.11 Å². The molecule has 0 saturated carbocycles. The van der Waals surface area contributed by atoms with Gasteiger partial charge in [-0.25, -0.2) is 0 Å². The number of piperidine rings is 1. The molecule has 1 amide bonds. The van der Waals surface area contributed by atoms with E-state index in [1.807, 2.05) is 25.1 Å². The van der Waals surface area contributed by atoms with Crippen molar-refractivity contribution in [3.8, 4) is 17.1 Å². The molecule has 6 heteroatoms. The fraction of sp³-hybridized carbons (Fsp3) is 0.400. The van der Waals surface area contributed by atoms with Crippen molar-refractivity contribution < 1.29 is 14.1 Å². The van der Waals surface area contributed by atoms with E-state index in [0.29, 0.717) is 24.7 Å². The first-order valence-electron chi connectivity index (χ1n) is 6.92. The summed E-state index contributed by atoms with van der Waals surface area (Å²) in [5.41, 5.74) is 1.95. The van der Waals surface area contributed by atoms with Gasteiger partial charge in [-0.1, -0.05) is 5.16 Å². The lowest BCUT2D eigenvalue weighted by Crippen LogP contribution is -2.33. The van der Waals surface area contributed by atoms with Crippen LogP contribution in [0.1, 0.15) is 30.2 Å². The Kier molecular flexibility index (Phi) is 3.60. The maximum absolute atomic E-state index is 11.2. The lowest BCUT2D eigenvalue weighted by molar-refractivity contribution is -0.122. The molecule has 1 aliphatic rings. The highest BCUT2D eigenvalue weighted by molar-refractivity contribution is 5.76. The second-order valence-corrected chi connectivity index (χ2v) is 5.18. The number of rotatable bonds is 3. The van der Waals surface area contributed by atoms with Crippen LogP contribution in [0.5, 0.6) is 5.75 Å². The van der Waals surface area contributed by atoms with Gasteiger partial charge >= 0.3 is 0 Å². The lowest BCUT2D eigenvalue weighted by atomic mass is 9.99. The van der Waals surface area contributed by atoms with E-state index in [-0.39, 0.29) is 11.8 Å². The highest BCUT2D eigenvalue weighted by atomic mass is 16.5. The molecule has 1 saturated heterocycles. The molecule has 1 atom stereocenters. The Morgan fingerprint density at radius 1 is 1.43 bits per heavy atom. The largest absolute Gasteiger partial charge is 0.497 e. The van der Waals surface area contributed by atoms with Crippen molar-refractivity contribution in [3.63, 3.8) is 0 Å². The van der Waals surface area contributed by atoms with Gasteiger partial charge in [-0.2, -0.15) is 4.98 Å². The number of hydrogen-bond donors (Lipinski definition) is 1. The number of carbonyl (C=O) groups excluding carboxylic acids is 1. The highest BCUT2D eigenvalue weighted by Gasteiger charge is 2.25. The Morgan fingerprint density at radius 3 is 2.95 bits per heavy atom. The summed E-state index contributed by atoms with van der Waals surface area (Å²) >= 11 is 0. The van der Waals surface area contributed by atoms with Crippen LogP contribution < -0.4 is 10.1 Å². The SMILES string of the molecule is COc1ccc(-c2noc(C3CCC(=O)NC3)n2)c(C)c1. The molecule has 0 aliphatic carbocycles. The fourth-order valence-corrected chi connectivity index (χ4v) is 2.47. The number of aromatic nitrogens is 2. The summed E-state index contributed by atoms with van der Waals surface area (Å²) in [5.74, 6) is 2.14. The summed E-state index contributed by atoms with van der Waals surface area (Å²) in [5, 5.41) is 6.88. The predicted molar refractivity (Wildman–Crippen MR) is 76.0 cm³/mol. The number of methoxy groups -OCH3 is 1. The minimum absolute atomic E-state index is 0.0805. The summed E-state index contributed by atoms with van der Waals surface area (Å²) in [6.45, 7) is 2.54. The second kappa shape index (κ2) is 5.55. The standard InChI is InChI=1S/C15H17N3O3/c1-9-7-11(20-2)4-5-12(9)14-17-15(21-18-14)10-3-6-13(19)16-8-10/h4-5,7,10H,3,6,8H2,1-2H3,(H,16,19). The predicted octanol–water partition coefficient (Wildman–Crippen LogP) is 2.05. The summed E-state index contributed by atoms with van der Waals surface area (Å²) in [6, 6.07) is 5.73. The minimum atomic E-state index is 0.0805. The van der Waals surface area contributed by atoms with Crippen molar-refractivity contribution in [3.05, 3.63) is 29.7 Å². The second-order valence-electron chi connectivity index (χ2n) is 5.18. The Labute approximate surface area is 122 Å². The third kappa shape index (κ3) is 2.74. The van der Waals surface area contributed by atoms with Crippen LogP contribution in [0, 0.1) is 6.92 Å². The van der Waals surface area contributed by atoms with Gasteiger partial charge in [-0.3, -0.25) is 4.79 Å². The van der Waals surface area contributed by atoms with E-state index in [4.69, 9.17) is 9.26 Å². The van der Waals surface area contributed by atoms with Gasteiger partial charge in [-0.05, 0) is 37.1 Å². The van der Waals surface area contributed by atoms with Gasteiger partial charge < -0.3 is 14.6 Å². The Balaban J connectivity index is 1.83. The van der Waals surface area contributed by atoms with Gasteiger partial charge in [0, 0.05) is 18.5 Å². The zero-order valence-electron chi connectivity index (χ0n) is 12.0. The molecule has 1 aromatic carbocycles. The normalized spacial score (nSPS) is 18.4. The fourth-order valence-electron chi connectivity index (χ4n) is 2.47. The topological polar surface area (TPSA) is 77.2 Å². The minimum Gasteiger partial charge on any atom is -0.497 e. The first-order chi connectivity index (χ1) is 10.2. The number of benzene rings is 1. The molecule has 2 heterocycles. The van der Waals surface area contributed by atoms with Crippen LogP contribution in [-0.4, -0.2) is 29.7 Å². The maximum Gasteiger partial charge on any atom is 0.231 e. The molecule has 21 heavy (non-hydrogen) atoms. The molecule has 110 valence electrons. The quantitative estimate of drug-likeness (QED) is 0.934. The van der Waals surface area contributed by atoms with Crippen LogP contribution in [0.4, 0.5) is 0 Å². The molecule has 2 aromatic rings. The van der Waals surface area contributed by atoms with E-state index in [2.05, 4.69) is 15.5 Å². The third-order valence-electron chi connectivity index (χ3n) is 3.73. The van der Waals surface area contributed by atoms with Crippen LogP contribution in [0.25, 0.3) is 11.4 Å². The first-order valence-corrected chi connectivity index (χ1v) is 6.92. The van der Waals surface area contributed by atoms with E-state index < -0.39 is 0 Å². The summed E-state index contributed by atoms with van der Waals surface area (Å²) in [6.07, 6.45) is 1.25. The molecular formula is C15H17N3O3. The molecule has 6 nitrogen and oxygen atoms in total. The van der Waals surface area contributed by atoms with Crippen LogP contribution in [-0.2, 0) is 4.79 Å². The molecule has 3 rings (SSSR count). The molecule has 1 fully saturated rings. The Bertz CT molecular complexity index is 656. The summed E-state index contributed by atoms with van der Waals surface area (Å²) in [7, 11) is 1.64. The number of carbonyl (C=O) groups is 1. The van der Waals surface area contributed by atoms with Crippen molar-refractivity contribution in [1.29, 1.82) is 0 Å². The Hall–Kier alpha value is -2.37. The van der Waals surface area contributed by atoms with Gasteiger partial charge in [-0.15, -0.1) is 0 Å². The van der Waals surface area contributed by atoms with Gasteiger partial charge in [0.05, 0.1) is 13.0 Å². The number of aryl methyl sites for hydroxylation is 1. The number of ether oxygens (including phenoxy) is 1. The molecule has 1 N–H and O–H groups in total. The average molecular weight is 287 g/mol. The highest BCUT2D eigenvalue weighted by Crippen LogP contribution is 2.28. The van der Waals surface area contributed by atoms with Gasteiger partial charge in [0.1, 0.15) is 5.75 Å². The van der Waals surface area contributed by atoms with Crippen molar-refractivity contribution in [2.75, 3.05) is 13.7 Å². The molecule has 1 aromatic heterocycles. The zero-order valence-corrected chi connectivity index (χ0v) is 12.0. The first kappa shape index (κ1) is 13.6. The van der Waals surface area contributed by atoms with Crippen molar-refractivity contribution in [2.24, 2.45) is 0 Å². The monoisotopic (exact) mass is 287 g/mol. The molecule has 0 bridgehead atoms. The van der Waals surface area contributed by atoms with E-state index in [9.17, 15) is 4.79 Å². The molecule has 1 unspecified atom stereocenters. The summed E-state index contributed by atoms with van der Waals surface area (Å²) in [4.78, 5) is 15.7.